The third-order valence-electron chi connectivity index (χ3n) is 5.36. The number of H-pyrrole nitrogens is 1. The van der Waals surface area contributed by atoms with E-state index in [1.54, 1.807) is 12.4 Å². The number of amides is 1. The Kier molecular flexibility index (Phi) is 4.33. The van der Waals surface area contributed by atoms with Crippen LogP contribution >= 0.6 is 0 Å². The SMILES string of the molecule is CN1CCN(C(=O)c2nccc3cc(Nc4n[nH]c5ncccc45)ccc23)CC1. The molecule has 0 atom stereocenters. The maximum absolute atomic E-state index is 13.0. The number of pyridine rings is 2. The summed E-state index contributed by atoms with van der Waals surface area (Å²) in [6.07, 6.45) is 3.43. The summed E-state index contributed by atoms with van der Waals surface area (Å²) in [6.45, 7) is 3.23. The van der Waals surface area contributed by atoms with Crippen molar-refractivity contribution in [2.45, 2.75) is 0 Å². The molecule has 1 amide bonds. The van der Waals surface area contributed by atoms with Crippen molar-refractivity contribution in [3.63, 3.8) is 0 Å². The van der Waals surface area contributed by atoms with Crippen LogP contribution in [0.15, 0.2) is 48.8 Å². The molecule has 1 aliphatic rings. The number of nitrogens with zero attached hydrogens (tertiary/aromatic N) is 5. The van der Waals surface area contributed by atoms with Gasteiger partial charge in [0.1, 0.15) is 5.69 Å². The molecule has 2 N–H and O–H groups in total. The summed E-state index contributed by atoms with van der Waals surface area (Å²) in [5.74, 6) is 0.712. The highest BCUT2D eigenvalue weighted by atomic mass is 16.2. The zero-order valence-electron chi connectivity index (χ0n) is 16.1. The van der Waals surface area contributed by atoms with Gasteiger partial charge in [-0.1, -0.05) is 0 Å². The Balaban J connectivity index is 1.45. The Bertz CT molecular complexity index is 1190. The van der Waals surface area contributed by atoms with Crippen LogP contribution in [-0.4, -0.2) is 69.1 Å². The van der Waals surface area contributed by atoms with Gasteiger partial charge in [0.25, 0.3) is 5.91 Å². The lowest BCUT2D eigenvalue weighted by Gasteiger charge is -2.32. The predicted octanol–water partition coefficient (Wildman–Crippen LogP) is 2.64. The molecule has 146 valence electrons. The molecular formula is C21H21N7O. The van der Waals surface area contributed by atoms with Gasteiger partial charge in [0, 0.05) is 49.6 Å². The number of hydrogen-bond donors (Lipinski definition) is 2. The summed E-state index contributed by atoms with van der Waals surface area (Å²) in [6, 6.07) is 11.7. The number of fused-ring (bicyclic) bond motifs is 2. The number of benzene rings is 1. The molecule has 1 aliphatic heterocycles. The summed E-state index contributed by atoms with van der Waals surface area (Å²) in [5.41, 5.74) is 2.13. The third-order valence-corrected chi connectivity index (χ3v) is 5.36. The van der Waals surface area contributed by atoms with Crippen molar-refractivity contribution in [2.24, 2.45) is 0 Å². The van der Waals surface area contributed by atoms with Crippen LogP contribution in [0.4, 0.5) is 11.5 Å². The molecule has 1 fully saturated rings. The van der Waals surface area contributed by atoms with E-state index in [2.05, 4.69) is 37.4 Å². The largest absolute Gasteiger partial charge is 0.338 e. The molecule has 4 heterocycles. The van der Waals surface area contributed by atoms with E-state index >= 15 is 0 Å². The van der Waals surface area contributed by atoms with Gasteiger partial charge in [-0.3, -0.25) is 14.9 Å². The van der Waals surface area contributed by atoms with Gasteiger partial charge in [-0.05, 0) is 48.8 Å². The van der Waals surface area contributed by atoms with Crippen molar-refractivity contribution in [3.8, 4) is 0 Å². The van der Waals surface area contributed by atoms with E-state index in [0.29, 0.717) is 5.69 Å². The third kappa shape index (κ3) is 3.27. The molecular weight excluding hydrogens is 366 g/mol. The number of rotatable bonds is 3. The van der Waals surface area contributed by atoms with E-state index < -0.39 is 0 Å². The van der Waals surface area contributed by atoms with Crippen molar-refractivity contribution in [2.75, 3.05) is 38.5 Å². The van der Waals surface area contributed by atoms with Gasteiger partial charge in [-0.15, -0.1) is 0 Å². The van der Waals surface area contributed by atoms with Crippen molar-refractivity contribution in [3.05, 3.63) is 54.5 Å². The number of likely N-dealkylation sites (N-methyl/N-ethyl adjacent to an activating group) is 1. The lowest BCUT2D eigenvalue weighted by Crippen LogP contribution is -2.47. The minimum atomic E-state index is -0.00576. The molecule has 8 heteroatoms. The summed E-state index contributed by atoms with van der Waals surface area (Å²) < 4.78 is 0. The number of aromatic nitrogens is 4. The Morgan fingerprint density at radius 3 is 2.76 bits per heavy atom. The van der Waals surface area contributed by atoms with E-state index in [1.807, 2.05) is 41.3 Å². The highest BCUT2D eigenvalue weighted by Crippen LogP contribution is 2.26. The van der Waals surface area contributed by atoms with Crippen LogP contribution in [0.1, 0.15) is 10.5 Å². The first kappa shape index (κ1) is 17.6. The number of aromatic amines is 1. The predicted molar refractivity (Wildman–Crippen MR) is 112 cm³/mol. The zero-order valence-corrected chi connectivity index (χ0v) is 16.1. The van der Waals surface area contributed by atoms with Crippen molar-refractivity contribution >= 4 is 39.2 Å². The van der Waals surface area contributed by atoms with Gasteiger partial charge < -0.3 is 15.1 Å². The minimum absolute atomic E-state index is 0.00576. The first-order valence-corrected chi connectivity index (χ1v) is 9.62. The van der Waals surface area contributed by atoms with E-state index in [9.17, 15) is 4.79 Å². The van der Waals surface area contributed by atoms with Gasteiger partial charge >= 0.3 is 0 Å². The summed E-state index contributed by atoms with van der Waals surface area (Å²) in [5, 5.41) is 13.3. The fraction of sp³-hybridized carbons (Fsp3) is 0.238. The molecule has 5 rings (SSSR count). The van der Waals surface area contributed by atoms with Gasteiger partial charge in [0.05, 0.1) is 5.39 Å². The van der Waals surface area contributed by atoms with Crippen LogP contribution < -0.4 is 5.32 Å². The van der Waals surface area contributed by atoms with Crippen molar-refractivity contribution in [1.29, 1.82) is 0 Å². The van der Waals surface area contributed by atoms with Crippen LogP contribution in [0.5, 0.6) is 0 Å². The number of carbonyl (C=O) groups is 1. The Morgan fingerprint density at radius 2 is 1.90 bits per heavy atom. The smallest absolute Gasteiger partial charge is 0.273 e. The molecule has 0 bridgehead atoms. The first-order chi connectivity index (χ1) is 14.2. The number of carbonyl (C=O) groups excluding carboxylic acids is 1. The monoisotopic (exact) mass is 387 g/mol. The Labute approximate surface area is 167 Å². The molecule has 1 saturated heterocycles. The van der Waals surface area contributed by atoms with Gasteiger partial charge in [0.15, 0.2) is 11.5 Å². The topological polar surface area (TPSA) is 90.0 Å². The van der Waals surface area contributed by atoms with Crippen LogP contribution in [-0.2, 0) is 0 Å². The molecule has 29 heavy (non-hydrogen) atoms. The fourth-order valence-electron chi connectivity index (χ4n) is 3.67. The molecule has 4 aromatic rings. The van der Waals surface area contributed by atoms with E-state index in [-0.39, 0.29) is 5.91 Å². The van der Waals surface area contributed by atoms with Gasteiger partial charge in [-0.2, -0.15) is 5.10 Å². The maximum Gasteiger partial charge on any atom is 0.273 e. The van der Waals surface area contributed by atoms with Gasteiger partial charge in [0.2, 0.25) is 0 Å². The molecule has 3 aromatic heterocycles. The van der Waals surface area contributed by atoms with Crippen LogP contribution in [0.2, 0.25) is 0 Å². The average Bonchev–Trinajstić information content (AvgIpc) is 3.16. The Morgan fingerprint density at radius 1 is 1.03 bits per heavy atom. The van der Waals surface area contributed by atoms with Crippen molar-refractivity contribution in [1.82, 2.24) is 30.0 Å². The minimum Gasteiger partial charge on any atom is -0.338 e. The van der Waals surface area contributed by atoms with Crippen LogP contribution in [0.25, 0.3) is 21.8 Å². The molecule has 0 saturated carbocycles. The van der Waals surface area contributed by atoms with Crippen LogP contribution in [0, 0.1) is 0 Å². The first-order valence-electron chi connectivity index (χ1n) is 9.62. The quantitative estimate of drug-likeness (QED) is 0.562. The van der Waals surface area contributed by atoms with E-state index in [1.165, 1.54) is 0 Å². The second-order valence-electron chi connectivity index (χ2n) is 7.29. The molecule has 0 radical (unpaired) electrons. The average molecular weight is 387 g/mol. The number of anilines is 2. The lowest BCUT2D eigenvalue weighted by molar-refractivity contribution is 0.0660. The molecule has 8 nitrogen and oxygen atoms in total. The van der Waals surface area contributed by atoms with E-state index in [0.717, 1.165) is 59.5 Å². The van der Waals surface area contributed by atoms with Crippen LogP contribution in [0.3, 0.4) is 0 Å². The highest BCUT2D eigenvalue weighted by molar-refractivity contribution is 6.06. The van der Waals surface area contributed by atoms with Crippen molar-refractivity contribution < 1.29 is 4.79 Å². The number of nitrogens with one attached hydrogen (secondary N) is 2. The molecule has 0 spiro atoms. The lowest BCUT2D eigenvalue weighted by atomic mass is 10.1. The van der Waals surface area contributed by atoms with E-state index in [4.69, 9.17) is 0 Å². The molecule has 0 unspecified atom stereocenters. The zero-order chi connectivity index (χ0) is 19.8. The second-order valence-corrected chi connectivity index (χ2v) is 7.29. The summed E-state index contributed by atoms with van der Waals surface area (Å²) in [4.78, 5) is 25.8. The van der Waals surface area contributed by atoms with Gasteiger partial charge in [-0.25, -0.2) is 4.98 Å². The summed E-state index contributed by atoms with van der Waals surface area (Å²) >= 11 is 0. The Hall–Kier alpha value is -3.52. The number of piperazine rings is 1. The standard InChI is InChI=1S/C21H21N7O/c1-27-9-11-28(12-10-27)21(29)18-16-5-4-15(13-14(16)6-8-22-18)24-20-17-3-2-7-23-19(17)25-26-20/h2-8,13H,9-12H2,1H3,(H2,23,24,25,26). The molecule has 0 aliphatic carbocycles. The molecule has 1 aromatic carbocycles. The highest BCUT2D eigenvalue weighted by Gasteiger charge is 2.23. The second kappa shape index (κ2) is 7.14. The normalized spacial score (nSPS) is 15.1. The number of hydrogen-bond acceptors (Lipinski definition) is 6. The maximum atomic E-state index is 13.0. The summed E-state index contributed by atoms with van der Waals surface area (Å²) in [7, 11) is 2.07. The fourth-order valence-corrected chi connectivity index (χ4v) is 3.67.